The van der Waals surface area contributed by atoms with Crippen LogP contribution in [0.3, 0.4) is 0 Å². The van der Waals surface area contributed by atoms with Gasteiger partial charge in [0.1, 0.15) is 0 Å². The molecule has 1 unspecified atom stereocenters. The zero-order valence-electron chi connectivity index (χ0n) is 10.9. The summed E-state index contributed by atoms with van der Waals surface area (Å²) in [5.74, 6) is 0. The molecule has 16 heavy (non-hydrogen) atoms. The summed E-state index contributed by atoms with van der Waals surface area (Å²) in [6.45, 7) is 7.92. The van der Waals surface area contributed by atoms with Crippen molar-refractivity contribution in [1.82, 2.24) is 10.2 Å². The van der Waals surface area contributed by atoms with Crippen LogP contribution in [0, 0.1) is 0 Å². The normalized spacial score (nSPS) is 21.8. The first kappa shape index (κ1) is 13.9. The van der Waals surface area contributed by atoms with Crippen LogP contribution in [0.25, 0.3) is 0 Å². The largest absolute Gasteiger partial charge is 0.395 e. The first-order chi connectivity index (χ1) is 7.72. The Balaban J connectivity index is 2.30. The molecule has 0 aromatic heterocycles. The van der Waals surface area contributed by atoms with E-state index >= 15 is 0 Å². The fourth-order valence-corrected chi connectivity index (χ4v) is 2.44. The third-order valence-electron chi connectivity index (χ3n) is 3.22. The first-order valence-electron chi connectivity index (χ1n) is 6.81. The van der Waals surface area contributed by atoms with Gasteiger partial charge in [-0.2, -0.15) is 0 Å². The second-order valence-corrected chi connectivity index (χ2v) is 5.27. The minimum Gasteiger partial charge on any atom is -0.395 e. The van der Waals surface area contributed by atoms with Crippen LogP contribution in [0.2, 0.25) is 0 Å². The van der Waals surface area contributed by atoms with Crippen molar-refractivity contribution in [1.29, 1.82) is 0 Å². The van der Waals surface area contributed by atoms with Crippen molar-refractivity contribution in [2.24, 2.45) is 0 Å². The van der Waals surface area contributed by atoms with E-state index in [2.05, 4.69) is 24.1 Å². The molecule has 0 aliphatic carbocycles. The summed E-state index contributed by atoms with van der Waals surface area (Å²) in [7, 11) is 0. The molecular weight excluding hydrogens is 200 g/mol. The average Bonchev–Trinajstić information content (AvgIpc) is 2.19. The lowest BCUT2D eigenvalue weighted by Gasteiger charge is -2.29. The summed E-state index contributed by atoms with van der Waals surface area (Å²) in [6.07, 6.45) is 6.79. The van der Waals surface area contributed by atoms with E-state index < -0.39 is 0 Å². The number of hydrogen-bond donors (Lipinski definition) is 2. The van der Waals surface area contributed by atoms with Gasteiger partial charge in [0.2, 0.25) is 0 Å². The van der Waals surface area contributed by atoms with Gasteiger partial charge in [-0.15, -0.1) is 0 Å². The molecule has 0 saturated carbocycles. The minimum atomic E-state index is 0.236. The van der Waals surface area contributed by atoms with Crippen LogP contribution in [0.4, 0.5) is 0 Å². The van der Waals surface area contributed by atoms with Crippen molar-refractivity contribution in [2.75, 3.05) is 26.2 Å². The van der Waals surface area contributed by atoms with Crippen LogP contribution < -0.4 is 5.32 Å². The zero-order chi connectivity index (χ0) is 11.8. The second kappa shape index (κ2) is 8.04. The molecule has 1 atom stereocenters. The quantitative estimate of drug-likeness (QED) is 0.750. The van der Waals surface area contributed by atoms with E-state index in [9.17, 15) is 5.11 Å². The third-order valence-corrected chi connectivity index (χ3v) is 3.22. The highest BCUT2D eigenvalue weighted by atomic mass is 16.3. The Morgan fingerprint density at radius 1 is 1.06 bits per heavy atom. The van der Waals surface area contributed by atoms with Gasteiger partial charge in [-0.05, 0) is 25.9 Å². The molecule has 2 N–H and O–H groups in total. The summed E-state index contributed by atoms with van der Waals surface area (Å²) in [6, 6.07) is 0.686. The van der Waals surface area contributed by atoms with E-state index in [0.717, 1.165) is 6.54 Å². The number of aliphatic hydroxyl groups is 1. The number of rotatable bonds is 5. The highest BCUT2D eigenvalue weighted by Gasteiger charge is 2.14. The minimum absolute atomic E-state index is 0.236. The van der Waals surface area contributed by atoms with Crippen LogP contribution in [-0.2, 0) is 0 Å². The molecule has 0 amide bonds. The molecule has 1 saturated heterocycles. The number of hydrogen-bond acceptors (Lipinski definition) is 3. The van der Waals surface area contributed by atoms with Crippen molar-refractivity contribution in [3.63, 3.8) is 0 Å². The molecule has 1 aliphatic heterocycles. The topological polar surface area (TPSA) is 35.5 Å². The first-order valence-corrected chi connectivity index (χ1v) is 6.81. The van der Waals surface area contributed by atoms with Crippen molar-refractivity contribution in [3.05, 3.63) is 0 Å². The molecule has 3 heteroatoms. The molecule has 0 bridgehead atoms. The molecular formula is C13H28N2O. The van der Waals surface area contributed by atoms with Crippen LogP contribution in [0.5, 0.6) is 0 Å². The van der Waals surface area contributed by atoms with E-state index in [-0.39, 0.29) is 12.6 Å². The lowest BCUT2D eigenvalue weighted by Crippen LogP contribution is -2.46. The van der Waals surface area contributed by atoms with Gasteiger partial charge in [0.25, 0.3) is 0 Å². The summed E-state index contributed by atoms with van der Waals surface area (Å²) in [5.41, 5.74) is 0. The smallest absolute Gasteiger partial charge is 0.0597 e. The fourth-order valence-electron chi connectivity index (χ4n) is 2.44. The zero-order valence-corrected chi connectivity index (χ0v) is 10.9. The van der Waals surface area contributed by atoms with Gasteiger partial charge in [0, 0.05) is 18.6 Å². The van der Waals surface area contributed by atoms with Gasteiger partial charge >= 0.3 is 0 Å². The van der Waals surface area contributed by atoms with Gasteiger partial charge in [0.05, 0.1) is 6.61 Å². The maximum Gasteiger partial charge on any atom is 0.0597 e. The average molecular weight is 228 g/mol. The predicted octanol–water partition coefficient (Wildman–Crippen LogP) is 1.61. The van der Waals surface area contributed by atoms with E-state index in [4.69, 9.17) is 0 Å². The molecule has 96 valence electrons. The summed E-state index contributed by atoms with van der Waals surface area (Å²) in [5, 5.41) is 12.8. The molecule has 0 radical (unpaired) electrons. The summed E-state index contributed by atoms with van der Waals surface area (Å²) in [4.78, 5) is 2.51. The Morgan fingerprint density at radius 3 is 2.12 bits per heavy atom. The summed E-state index contributed by atoms with van der Waals surface area (Å²) >= 11 is 0. The third kappa shape index (κ3) is 5.83. The van der Waals surface area contributed by atoms with Crippen molar-refractivity contribution in [2.45, 2.75) is 58.0 Å². The van der Waals surface area contributed by atoms with Gasteiger partial charge in [-0.25, -0.2) is 0 Å². The van der Waals surface area contributed by atoms with Crippen molar-refractivity contribution < 1.29 is 5.11 Å². The standard InChI is InChI=1S/C13H28N2O/c1-12(2)14-13(11-16)10-15-8-6-4-3-5-7-9-15/h12-14,16H,3-11H2,1-2H3. The maximum absolute atomic E-state index is 9.34. The van der Waals surface area contributed by atoms with Crippen molar-refractivity contribution in [3.8, 4) is 0 Å². The van der Waals surface area contributed by atoms with E-state index in [1.165, 1.54) is 45.2 Å². The lowest BCUT2D eigenvalue weighted by atomic mass is 10.1. The second-order valence-electron chi connectivity index (χ2n) is 5.27. The molecule has 1 fully saturated rings. The van der Waals surface area contributed by atoms with Crippen LogP contribution in [0.15, 0.2) is 0 Å². The van der Waals surface area contributed by atoms with E-state index in [1.54, 1.807) is 0 Å². The number of nitrogens with zero attached hydrogens (tertiary/aromatic N) is 1. The maximum atomic E-state index is 9.34. The fraction of sp³-hybridized carbons (Fsp3) is 1.00. The van der Waals surface area contributed by atoms with Crippen LogP contribution in [0.1, 0.15) is 46.0 Å². The van der Waals surface area contributed by atoms with Crippen LogP contribution >= 0.6 is 0 Å². The van der Waals surface area contributed by atoms with Gasteiger partial charge in [-0.3, -0.25) is 0 Å². The molecule has 1 heterocycles. The van der Waals surface area contributed by atoms with Gasteiger partial charge in [0.15, 0.2) is 0 Å². The van der Waals surface area contributed by atoms with Crippen LogP contribution in [-0.4, -0.2) is 48.3 Å². The van der Waals surface area contributed by atoms with Gasteiger partial charge < -0.3 is 15.3 Å². The monoisotopic (exact) mass is 228 g/mol. The number of likely N-dealkylation sites (tertiary alicyclic amines) is 1. The Labute approximate surface area is 100 Å². The van der Waals surface area contributed by atoms with Crippen molar-refractivity contribution >= 4 is 0 Å². The lowest BCUT2D eigenvalue weighted by molar-refractivity contribution is 0.167. The Bertz CT molecular complexity index is 165. The van der Waals surface area contributed by atoms with E-state index in [1.807, 2.05) is 0 Å². The Morgan fingerprint density at radius 2 is 1.62 bits per heavy atom. The molecule has 1 rings (SSSR count). The molecule has 0 aromatic carbocycles. The SMILES string of the molecule is CC(C)NC(CO)CN1CCCCCCC1. The predicted molar refractivity (Wildman–Crippen MR) is 68.7 cm³/mol. The van der Waals surface area contributed by atoms with E-state index in [0.29, 0.717) is 6.04 Å². The Kier molecular flexibility index (Phi) is 7.01. The highest BCUT2D eigenvalue weighted by Crippen LogP contribution is 2.10. The number of aliphatic hydroxyl groups excluding tert-OH is 1. The van der Waals surface area contributed by atoms with Gasteiger partial charge in [-0.1, -0.05) is 33.1 Å². The molecule has 0 aromatic rings. The Hall–Kier alpha value is -0.120. The highest BCUT2D eigenvalue weighted by molar-refractivity contribution is 4.74. The molecule has 0 spiro atoms. The number of nitrogens with one attached hydrogen (secondary N) is 1. The molecule has 3 nitrogen and oxygen atoms in total. The summed E-state index contributed by atoms with van der Waals surface area (Å²) < 4.78 is 0. The molecule has 1 aliphatic rings.